The SMILES string of the molecule is COCCC1CCC(C)CC1. The van der Waals surface area contributed by atoms with Crippen LogP contribution in [0.5, 0.6) is 0 Å². The molecule has 0 N–H and O–H groups in total. The lowest BCUT2D eigenvalue weighted by Crippen LogP contribution is -2.13. The first-order valence-electron chi connectivity index (χ1n) is 4.82. The van der Waals surface area contributed by atoms with E-state index in [9.17, 15) is 0 Å². The molecule has 0 spiro atoms. The minimum Gasteiger partial charge on any atom is -0.385 e. The molecule has 0 aromatic heterocycles. The van der Waals surface area contributed by atoms with Crippen molar-refractivity contribution >= 4 is 0 Å². The van der Waals surface area contributed by atoms with Gasteiger partial charge in [0.15, 0.2) is 0 Å². The third-order valence-electron chi connectivity index (χ3n) is 2.87. The second kappa shape index (κ2) is 4.76. The molecular formula is C10H20O. The Morgan fingerprint density at radius 2 is 1.82 bits per heavy atom. The van der Waals surface area contributed by atoms with Crippen molar-refractivity contribution in [3.8, 4) is 0 Å². The fourth-order valence-electron chi connectivity index (χ4n) is 1.90. The van der Waals surface area contributed by atoms with Gasteiger partial charge in [0.25, 0.3) is 0 Å². The van der Waals surface area contributed by atoms with Crippen LogP contribution in [0.4, 0.5) is 0 Å². The highest BCUT2D eigenvalue weighted by Gasteiger charge is 2.17. The second-order valence-corrected chi connectivity index (χ2v) is 3.91. The Morgan fingerprint density at radius 3 is 2.36 bits per heavy atom. The lowest BCUT2D eigenvalue weighted by molar-refractivity contribution is 0.158. The largest absolute Gasteiger partial charge is 0.385 e. The summed E-state index contributed by atoms with van der Waals surface area (Å²) < 4.78 is 5.07. The highest BCUT2D eigenvalue weighted by atomic mass is 16.5. The zero-order chi connectivity index (χ0) is 8.10. The number of methoxy groups -OCH3 is 1. The van der Waals surface area contributed by atoms with Crippen molar-refractivity contribution in [1.82, 2.24) is 0 Å². The van der Waals surface area contributed by atoms with Crippen LogP contribution < -0.4 is 0 Å². The average molecular weight is 156 g/mol. The Labute approximate surface area is 70.1 Å². The average Bonchev–Trinajstić information content (AvgIpc) is 2.04. The lowest BCUT2D eigenvalue weighted by Gasteiger charge is -2.25. The number of hydrogen-bond donors (Lipinski definition) is 0. The molecule has 1 rings (SSSR count). The van der Waals surface area contributed by atoms with Gasteiger partial charge in [-0.2, -0.15) is 0 Å². The quantitative estimate of drug-likeness (QED) is 0.610. The molecule has 1 nitrogen and oxygen atoms in total. The van der Waals surface area contributed by atoms with Crippen LogP contribution in [0.25, 0.3) is 0 Å². The molecule has 0 saturated heterocycles. The second-order valence-electron chi connectivity index (χ2n) is 3.91. The van der Waals surface area contributed by atoms with Crippen LogP contribution in [-0.2, 0) is 4.74 Å². The van der Waals surface area contributed by atoms with Crippen LogP contribution in [-0.4, -0.2) is 13.7 Å². The molecule has 0 unspecified atom stereocenters. The Balaban J connectivity index is 2.07. The van der Waals surface area contributed by atoms with E-state index in [4.69, 9.17) is 4.74 Å². The summed E-state index contributed by atoms with van der Waals surface area (Å²) in [4.78, 5) is 0. The summed E-state index contributed by atoms with van der Waals surface area (Å²) in [7, 11) is 1.80. The first-order valence-corrected chi connectivity index (χ1v) is 4.82. The molecule has 0 aliphatic heterocycles. The molecule has 0 amide bonds. The molecule has 0 heterocycles. The van der Waals surface area contributed by atoms with E-state index in [2.05, 4.69) is 6.92 Å². The molecule has 1 saturated carbocycles. The standard InChI is InChI=1S/C10H20O/c1-9-3-5-10(6-4-9)7-8-11-2/h9-10H,3-8H2,1-2H3. The highest BCUT2D eigenvalue weighted by molar-refractivity contribution is 4.69. The van der Waals surface area contributed by atoms with Crippen molar-refractivity contribution in [1.29, 1.82) is 0 Å². The summed E-state index contributed by atoms with van der Waals surface area (Å²) in [6, 6.07) is 0. The van der Waals surface area contributed by atoms with Gasteiger partial charge < -0.3 is 4.74 Å². The topological polar surface area (TPSA) is 9.23 Å². The van der Waals surface area contributed by atoms with Crippen molar-refractivity contribution in [3.63, 3.8) is 0 Å². The van der Waals surface area contributed by atoms with E-state index >= 15 is 0 Å². The van der Waals surface area contributed by atoms with E-state index in [0.717, 1.165) is 18.4 Å². The van der Waals surface area contributed by atoms with E-state index in [-0.39, 0.29) is 0 Å². The zero-order valence-electron chi connectivity index (χ0n) is 7.81. The molecule has 0 aromatic rings. The van der Waals surface area contributed by atoms with Gasteiger partial charge in [-0.3, -0.25) is 0 Å². The Kier molecular flexibility index (Phi) is 3.92. The summed E-state index contributed by atoms with van der Waals surface area (Å²) in [5, 5.41) is 0. The van der Waals surface area contributed by atoms with Crippen molar-refractivity contribution < 1.29 is 4.74 Å². The third kappa shape index (κ3) is 3.24. The van der Waals surface area contributed by atoms with Gasteiger partial charge >= 0.3 is 0 Å². The Morgan fingerprint density at radius 1 is 1.18 bits per heavy atom. The van der Waals surface area contributed by atoms with E-state index in [1.807, 2.05) is 0 Å². The van der Waals surface area contributed by atoms with Crippen molar-refractivity contribution in [2.24, 2.45) is 11.8 Å². The van der Waals surface area contributed by atoms with Gasteiger partial charge in [0, 0.05) is 13.7 Å². The maximum Gasteiger partial charge on any atom is 0.0464 e. The van der Waals surface area contributed by atoms with Gasteiger partial charge in [-0.05, 0) is 18.3 Å². The summed E-state index contributed by atoms with van der Waals surface area (Å²) in [5.74, 6) is 1.94. The van der Waals surface area contributed by atoms with Gasteiger partial charge in [0.05, 0.1) is 0 Å². The molecule has 1 aliphatic rings. The zero-order valence-corrected chi connectivity index (χ0v) is 7.81. The van der Waals surface area contributed by atoms with Crippen molar-refractivity contribution in [3.05, 3.63) is 0 Å². The predicted octanol–water partition coefficient (Wildman–Crippen LogP) is 2.85. The Hall–Kier alpha value is -0.0400. The minimum atomic E-state index is 0.957. The normalized spacial score (nSPS) is 32.2. The summed E-state index contributed by atoms with van der Waals surface area (Å²) >= 11 is 0. The molecule has 1 aliphatic carbocycles. The summed E-state index contributed by atoms with van der Waals surface area (Å²) in [6.07, 6.45) is 7.03. The van der Waals surface area contributed by atoms with Crippen LogP contribution >= 0.6 is 0 Å². The molecule has 0 aromatic carbocycles. The van der Waals surface area contributed by atoms with E-state index in [1.165, 1.54) is 32.1 Å². The van der Waals surface area contributed by atoms with Crippen LogP contribution in [0.15, 0.2) is 0 Å². The smallest absolute Gasteiger partial charge is 0.0464 e. The van der Waals surface area contributed by atoms with Crippen LogP contribution in [0, 0.1) is 11.8 Å². The molecule has 1 heteroatoms. The fraction of sp³-hybridized carbons (Fsp3) is 1.00. The molecule has 0 bridgehead atoms. The van der Waals surface area contributed by atoms with Gasteiger partial charge in [0.2, 0.25) is 0 Å². The number of ether oxygens (including phenoxy) is 1. The fourth-order valence-corrected chi connectivity index (χ4v) is 1.90. The van der Waals surface area contributed by atoms with E-state index in [0.29, 0.717) is 0 Å². The molecule has 1 fully saturated rings. The van der Waals surface area contributed by atoms with Gasteiger partial charge in [-0.1, -0.05) is 32.6 Å². The van der Waals surface area contributed by atoms with Gasteiger partial charge in [-0.15, -0.1) is 0 Å². The van der Waals surface area contributed by atoms with Crippen LogP contribution in [0.2, 0.25) is 0 Å². The maximum atomic E-state index is 5.07. The molecule has 0 atom stereocenters. The highest BCUT2D eigenvalue weighted by Crippen LogP contribution is 2.29. The van der Waals surface area contributed by atoms with Crippen molar-refractivity contribution in [2.75, 3.05) is 13.7 Å². The maximum absolute atomic E-state index is 5.07. The van der Waals surface area contributed by atoms with Gasteiger partial charge in [0.1, 0.15) is 0 Å². The van der Waals surface area contributed by atoms with Crippen LogP contribution in [0.3, 0.4) is 0 Å². The van der Waals surface area contributed by atoms with Crippen molar-refractivity contribution in [2.45, 2.75) is 39.0 Å². The van der Waals surface area contributed by atoms with E-state index < -0.39 is 0 Å². The molecular weight excluding hydrogens is 136 g/mol. The van der Waals surface area contributed by atoms with E-state index in [1.54, 1.807) is 7.11 Å². The summed E-state index contributed by atoms with van der Waals surface area (Å²) in [5.41, 5.74) is 0. The Bertz CT molecular complexity index is 90.3. The first kappa shape index (κ1) is 9.05. The molecule has 66 valence electrons. The minimum absolute atomic E-state index is 0.957. The lowest BCUT2D eigenvalue weighted by atomic mass is 9.82. The molecule has 11 heavy (non-hydrogen) atoms. The number of rotatable bonds is 3. The first-order chi connectivity index (χ1) is 5.33. The van der Waals surface area contributed by atoms with Crippen LogP contribution in [0.1, 0.15) is 39.0 Å². The van der Waals surface area contributed by atoms with Gasteiger partial charge in [-0.25, -0.2) is 0 Å². The molecule has 0 radical (unpaired) electrons. The monoisotopic (exact) mass is 156 g/mol. The third-order valence-corrected chi connectivity index (χ3v) is 2.87. The summed E-state index contributed by atoms with van der Waals surface area (Å²) in [6.45, 7) is 3.32. The predicted molar refractivity (Wildman–Crippen MR) is 47.6 cm³/mol. The number of hydrogen-bond acceptors (Lipinski definition) is 1.